The molecular formula is C12H15NO7. The number of aliphatic hydroxyl groups excluding tert-OH is 1. The number of aliphatic hydroxyl groups is 1. The first-order chi connectivity index (χ1) is 9.43. The molecule has 2 unspecified atom stereocenters. The number of rotatable bonds is 3. The predicted octanol–water partition coefficient (Wildman–Crippen LogP) is 1.03. The number of ether oxygens (including phenoxy) is 2. The Kier molecular flexibility index (Phi) is 6.04. The van der Waals surface area contributed by atoms with Gasteiger partial charge in [0.15, 0.2) is 6.29 Å². The van der Waals surface area contributed by atoms with Crippen LogP contribution in [0.15, 0.2) is 24.3 Å². The van der Waals surface area contributed by atoms with Crippen LogP contribution in [-0.4, -0.2) is 46.7 Å². The van der Waals surface area contributed by atoms with E-state index < -0.39 is 10.9 Å². The van der Waals surface area contributed by atoms with Crippen LogP contribution < -0.4 is 0 Å². The van der Waals surface area contributed by atoms with Gasteiger partial charge in [-0.2, -0.15) is 0 Å². The summed E-state index contributed by atoms with van der Waals surface area (Å²) in [4.78, 5) is 19.9. The second kappa shape index (κ2) is 7.53. The molecule has 1 aliphatic heterocycles. The van der Waals surface area contributed by atoms with Crippen LogP contribution in [-0.2, 0) is 9.47 Å². The van der Waals surface area contributed by atoms with Crippen LogP contribution in [0.4, 0.5) is 5.69 Å². The standard InChI is InChI=1S/C7H5NO4.C5H10O3/c9-7(10)5-1-3-6(4-2-5)8(11)12;1-4-7-3-5(2-6)8-4/h1-4H,(H,9,10);4-6H,2-3H2,1H3. The van der Waals surface area contributed by atoms with Crippen molar-refractivity contribution in [2.45, 2.75) is 19.3 Å². The number of carbonyl (C=O) groups is 1. The van der Waals surface area contributed by atoms with E-state index >= 15 is 0 Å². The fourth-order valence-electron chi connectivity index (χ4n) is 1.41. The summed E-state index contributed by atoms with van der Waals surface area (Å²) in [7, 11) is 0. The van der Waals surface area contributed by atoms with Crippen molar-refractivity contribution in [3.8, 4) is 0 Å². The Hall–Kier alpha value is -2.03. The third-order valence-electron chi connectivity index (χ3n) is 2.43. The summed E-state index contributed by atoms with van der Waals surface area (Å²) < 4.78 is 10.0. The Labute approximate surface area is 114 Å². The first kappa shape index (κ1) is 16.0. The van der Waals surface area contributed by atoms with Crippen LogP contribution in [0.3, 0.4) is 0 Å². The molecule has 1 aromatic carbocycles. The number of nitro groups is 1. The van der Waals surface area contributed by atoms with Crippen LogP contribution in [0.2, 0.25) is 0 Å². The quantitative estimate of drug-likeness (QED) is 0.628. The van der Waals surface area contributed by atoms with Crippen molar-refractivity contribution in [2.24, 2.45) is 0 Å². The number of non-ortho nitro benzene ring substituents is 1. The average Bonchev–Trinajstić information content (AvgIpc) is 2.85. The number of aromatic carboxylic acids is 1. The smallest absolute Gasteiger partial charge is 0.335 e. The molecule has 1 aromatic rings. The molecule has 0 aliphatic carbocycles. The summed E-state index contributed by atoms with van der Waals surface area (Å²) in [5.41, 5.74) is -0.0689. The second-order valence-electron chi connectivity index (χ2n) is 3.95. The third-order valence-corrected chi connectivity index (χ3v) is 2.43. The SMILES string of the molecule is CC1OCC(CO)O1.O=C(O)c1ccc([N+](=O)[O-])cc1. The van der Waals surface area contributed by atoms with Gasteiger partial charge in [-0.15, -0.1) is 0 Å². The molecule has 1 saturated heterocycles. The lowest BCUT2D eigenvalue weighted by Crippen LogP contribution is -2.14. The van der Waals surface area contributed by atoms with E-state index in [4.69, 9.17) is 19.7 Å². The minimum absolute atomic E-state index is 0.0422. The van der Waals surface area contributed by atoms with Gasteiger partial charge in [-0.05, 0) is 19.1 Å². The van der Waals surface area contributed by atoms with E-state index in [9.17, 15) is 14.9 Å². The fourth-order valence-corrected chi connectivity index (χ4v) is 1.41. The normalized spacial score (nSPS) is 20.9. The molecule has 2 N–H and O–H groups in total. The zero-order chi connectivity index (χ0) is 15.1. The summed E-state index contributed by atoms with van der Waals surface area (Å²) in [6.07, 6.45) is -0.225. The van der Waals surface area contributed by atoms with Crippen LogP contribution >= 0.6 is 0 Å². The van der Waals surface area contributed by atoms with E-state index in [2.05, 4.69) is 0 Å². The maximum absolute atomic E-state index is 10.3. The number of nitrogens with zero attached hydrogens (tertiary/aromatic N) is 1. The maximum atomic E-state index is 10.3. The lowest BCUT2D eigenvalue weighted by molar-refractivity contribution is -0.384. The van der Waals surface area contributed by atoms with Crippen LogP contribution in [0.1, 0.15) is 17.3 Å². The van der Waals surface area contributed by atoms with Gasteiger partial charge in [0.25, 0.3) is 5.69 Å². The minimum Gasteiger partial charge on any atom is -0.478 e. The molecule has 8 nitrogen and oxygen atoms in total. The Bertz CT molecular complexity index is 426. The van der Waals surface area contributed by atoms with Gasteiger partial charge in [0.2, 0.25) is 0 Å². The fraction of sp³-hybridized carbons (Fsp3) is 0.417. The van der Waals surface area contributed by atoms with Crippen LogP contribution in [0.25, 0.3) is 0 Å². The maximum Gasteiger partial charge on any atom is 0.335 e. The van der Waals surface area contributed by atoms with Crippen molar-refractivity contribution in [2.75, 3.05) is 13.2 Å². The largest absolute Gasteiger partial charge is 0.478 e. The Morgan fingerprint density at radius 3 is 2.35 bits per heavy atom. The summed E-state index contributed by atoms with van der Waals surface area (Å²) in [6, 6.07) is 4.70. The summed E-state index contributed by atoms with van der Waals surface area (Å²) >= 11 is 0. The van der Waals surface area contributed by atoms with Crippen LogP contribution in [0, 0.1) is 10.1 Å². The molecule has 1 heterocycles. The van der Waals surface area contributed by atoms with Gasteiger partial charge in [-0.25, -0.2) is 4.79 Å². The van der Waals surface area contributed by atoms with E-state index in [0.29, 0.717) is 6.61 Å². The van der Waals surface area contributed by atoms with Gasteiger partial charge >= 0.3 is 5.97 Å². The highest BCUT2D eigenvalue weighted by molar-refractivity contribution is 5.87. The number of benzene rings is 1. The Morgan fingerprint density at radius 2 is 2.05 bits per heavy atom. The summed E-state index contributed by atoms with van der Waals surface area (Å²) in [5, 5.41) is 27.1. The molecule has 110 valence electrons. The van der Waals surface area contributed by atoms with Crippen molar-refractivity contribution >= 4 is 11.7 Å². The highest BCUT2D eigenvalue weighted by Gasteiger charge is 2.20. The summed E-state index contributed by atoms with van der Waals surface area (Å²) in [5.74, 6) is -1.09. The van der Waals surface area contributed by atoms with Gasteiger partial charge in [0.05, 0.1) is 23.7 Å². The molecule has 0 saturated carbocycles. The molecule has 8 heteroatoms. The number of carboxylic acid groups (broad SMARTS) is 1. The number of nitro benzene ring substituents is 1. The number of hydrogen-bond acceptors (Lipinski definition) is 6. The second-order valence-corrected chi connectivity index (χ2v) is 3.95. The molecule has 1 aliphatic rings. The van der Waals surface area contributed by atoms with Gasteiger partial charge in [0.1, 0.15) is 6.10 Å². The van der Waals surface area contributed by atoms with Crippen molar-refractivity contribution in [3.63, 3.8) is 0 Å². The van der Waals surface area contributed by atoms with Crippen LogP contribution in [0.5, 0.6) is 0 Å². The topological polar surface area (TPSA) is 119 Å². The Morgan fingerprint density at radius 1 is 1.45 bits per heavy atom. The highest BCUT2D eigenvalue weighted by atomic mass is 16.7. The zero-order valence-electron chi connectivity index (χ0n) is 10.8. The molecule has 1 fully saturated rings. The van der Waals surface area contributed by atoms with Crippen molar-refractivity contribution < 1.29 is 29.4 Å². The lowest BCUT2D eigenvalue weighted by atomic mass is 10.2. The monoisotopic (exact) mass is 285 g/mol. The molecule has 0 radical (unpaired) electrons. The van der Waals surface area contributed by atoms with E-state index in [1.807, 2.05) is 6.92 Å². The van der Waals surface area contributed by atoms with E-state index in [0.717, 1.165) is 12.1 Å². The highest BCUT2D eigenvalue weighted by Crippen LogP contribution is 2.11. The molecule has 2 rings (SSSR count). The summed E-state index contributed by atoms with van der Waals surface area (Å²) in [6.45, 7) is 2.40. The molecule has 0 bridgehead atoms. The first-order valence-corrected chi connectivity index (χ1v) is 5.79. The van der Waals surface area contributed by atoms with E-state index in [-0.39, 0.29) is 30.3 Å². The van der Waals surface area contributed by atoms with Gasteiger partial charge in [-0.3, -0.25) is 10.1 Å². The average molecular weight is 285 g/mol. The molecular weight excluding hydrogens is 270 g/mol. The zero-order valence-corrected chi connectivity index (χ0v) is 10.8. The molecule has 20 heavy (non-hydrogen) atoms. The van der Waals surface area contributed by atoms with Crippen molar-refractivity contribution in [3.05, 3.63) is 39.9 Å². The lowest BCUT2D eigenvalue weighted by Gasteiger charge is -2.01. The molecule has 0 aromatic heterocycles. The van der Waals surface area contributed by atoms with Crippen molar-refractivity contribution in [1.82, 2.24) is 0 Å². The van der Waals surface area contributed by atoms with E-state index in [1.165, 1.54) is 12.1 Å². The van der Waals surface area contributed by atoms with Gasteiger partial charge < -0.3 is 19.7 Å². The predicted molar refractivity (Wildman–Crippen MR) is 67.4 cm³/mol. The Balaban J connectivity index is 0.000000217. The third kappa shape index (κ3) is 4.92. The molecule has 0 spiro atoms. The van der Waals surface area contributed by atoms with E-state index in [1.54, 1.807) is 0 Å². The number of carboxylic acids is 1. The number of hydrogen-bond donors (Lipinski definition) is 2. The molecule has 2 atom stereocenters. The van der Waals surface area contributed by atoms with Gasteiger partial charge in [-0.1, -0.05) is 0 Å². The minimum atomic E-state index is -1.09. The first-order valence-electron chi connectivity index (χ1n) is 5.79. The van der Waals surface area contributed by atoms with Gasteiger partial charge in [0, 0.05) is 12.1 Å². The molecule has 0 amide bonds. The van der Waals surface area contributed by atoms with Crippen molar-refractivity contribution in [1.29, 1.82) is 0 Å².